The fourth-order valence-electron chi connectivity index (χ4n) is 1.99. The van der Waals surface area contributed by atoms with Gasteiger partial charge in [-0.05, 0) is 0 Å². The molecule has 2 N–H and O–H groups in total. The van der Waals surface area contributed by atoms with E-state index >= 15 is 0 Å². The van der Waals surface area contributed by atoms with Gasteiger partial charge in [0.15, 0.2) is 6.29 Å². The van der Waals surface area contributed by atoms with Crippen LogP contribution < -0.4 is 0 Å². The number of methoxy groups -OCH3 is 2. The molecule has 5 unspecified atom stereocenters. The van der Waals surface area contributed by atoms with Crippen molar-refractivity contribution >= 4 is 5.78 Å². The Morgan fingerprint density at radius 1 is 1.22 bits per heavy atom. The highest BCUT2D eigenvalue weighted by Crippen LogP contribution is 2.26. The van der Waals surface area contributed by atoms with Crippen LogP contribution in [0.3, 0.4) is 0 Å². The van der Waals surface area contributed by atoms with Crippen LogP contribution in [-0.4, -0.2) is 60.9 Å². The Morgan fingerprint density at radius 2 is 1.83 bits per heavy atom. The first-order valence-corrected chi connectivity index (χ1v) is 6.02. The minimum absolute atomic E-state index is 0.0143. The van der Waals surface area contributed by atoms with Crippen molar-refractivity contribution in [3.8, 4) is 0 Å². The van der Waals surface area contributed by atoms with Gasteiger partial charge in [-0.1, -0.05) is 13.8 Å². The fraction of sp³-hybridized carbons (Fsp3) is 0.917. The highest BCUT2D eigenvalue weighted by molar-refractivity contribution is 5.80. The van der Waals surface area contributed by atoms with Crippen LogP contribution in [0, 0.1) is 5.92 Å². The summed E-state index contributed by atoms with van der Waals surface area (Å²) >= 11 is 0. The van der Waals surface area contributed by atoms with Crippen LogP contribution in [0.5, 0.6) is 0 Å². The summed E-state index contributed by atoms with van der Waals surface area (Å²) < 4.78 is 15.5. The van der Waals surface area contributed by atoms with E-state index in [1.54, 1.807) is 13.8 Å². The third-order valence-electron chi connectivity index (χ3n) is 3.19. The first kappa shape index (κ1) is 15.5. The maximum atomic E-state index is 11.7. The quantitative estimate of drug-likeness (QED) is 0.708. The Hall–Kier alpha value is -0.530. The van der Waals surface area contributed by atoms with Gasteiger partial charge < -0.3 is 24.4 Å². The molecule has 0 radical (unpaired) electrons. The fourth-order valence-corrected chi connectivity index (χ4v) is 1.99. The lowest BCUT2D eigenvalue weighted by molar-refractivity contribution is -0.293. The van der Waals surface area contributed by atoms with Gasteiger partial charge in [0.25, 0.3) is 0 Å². The van der Waals surface area contributed by atoms with Gasteiger partial charge in [-0.2, -0.15) is 0 Å². The molecule has 5 atom stereocenters. The predicted octanol–water partition coefficient (Wildman–Crippen LogP) is -0.290. The number of carbonyl (C=O) groups excluding carboxylic acids is 1. The van der Waals surface area contributed by atoms with E-state index in [4.69, 9.17) is 14.2 Å². The van der Waals surface area contributed by atoms with E-state index in [1.807, 2.05) is 0 Å². The van der Waals surface area contributed by atoms with Gasteiger partial charge in [0.1, 0.15) is 24.1 Å². The highest BCUT2D eigenvalue weighted by atomic mass is 16.7. The van der Waals surface area contributed by atoms with Gasteiger partial charge >= 0.3 is 0 Å². The normalized spacial score (nSPS) is 36.9. The molecule has 18 heavy (non-hydrogen) atoms. The summed E-state index contributed by atoms with van der Waals surface area (Å²) in [4.78, 5) is 11.7. The molecule has 0 aromatic rings. The van der Waals surface area contributed by atoms with Crippen molar-refractivity contribution in [1.82, 2.24) is 0 Å². The van der Waals surface area contributed by atoms with Crippen LogP contribution in [0.15, 0.2) is 0 Å². The molecule has 1 rings (SSSR count). The number of ether oxygens (including phenoxy) is 3. The second kappa shape index (κ2) is 6.58. The van der Waals surface area contributed by atoms with E-state index < -0.39 is 30.7 Å². The Balaban J connectivity index is 2.77. The van der Waals surface area contributed by atoms with Crippen molar-refractivity contribution in [1.29, 1.82) is 0 Å². The SMILES string of the molecule is COC1OC(CC(=O)C(C)C)C(OC)C(O)C1O. The summed E-state index contributed by atoms with van der Waals surface area (Å²) in [5.74, 6) is -0.100. The standard InChI is InChI=1S/C12H22O6/c1-6(2)7(13)5-8-11(16-3)9(14)10(15)12(17-4)18-8/h6,8-12,14-15H,5H2,1-4H3. The van der Waals surface area contributed by atoms with Gasteiger partial charge in [0.05, 0.1) is 6.10 Å². The molecule has 0 amide bonds. The van der Waals surface area contributed by atoms with E-state index in [1.165, 1.54) is 14.2 Å². The molecule has 1 heterocycles. The lowest BCUT2D eigenvalue weighted by atomic mass is 9.93. The number of aliphatic hydroxyl groups is 2. The lowest BCUT2D eigenvalue weighted by Gasteiger charge is -2.41. The number of aliphatic hydroxyl groups excluding tert-OH is 2. The molecule has 0 spiro atoms. The largest absolute Gasteiger partial charge is 0.387 e. The molecule has 1 aliphatic heterocycles. The van der Waals surface area contributed by atoms with Crippen molar-refractivity contribution < 1.29 is 29.2 Å². The lowest BCUT2D eigenvalue weighted by Crippen LogP contribution is -2.59. The molecule has 0 aromatic heterocycles. The zero-order chi connectivity index (χ0) is 13.9. The van der Waals surface area contributed by atoms with Crippen LogP contribution in [0.4, 0.5) is 0 Å². The van der Waals surface area contributed by atoms with Gasteiger partial charge in [-0.15, -0.1) is 0 Å². The Labute approximate surface area is 107 Å². The first-order valence-electron chi connectivity index (χ1n) is 6.02. The maximum Gasteiger partial charge on any atom is 0.186 e. The van der Waals surface area contributed by atoms with Crippen molar-refractivity contribution in [2.45, 2.75) is 51.0 Å². The maximum absolute atomic E-state index is 11.7. The molecule has 0 bridgehead atoms. The minimum atomic E-state index is -1.19. The van der Waals surface area contributed by atoms with Crippen LogP contribution >= 0.6 is 0 Å². The number of hydrogen-bond acceptors (Lipinski definition) is 6. The number of carbonyl (C=O) groups is 1. The number of hydrogen-bond donors (Lipinski definition) is 2. The Kier molecular flexibility index (Phi) is 5.68. The van der Waals surface area contributed by atoms with E-state index in [2.05, 4.69) is 0 Å². The van der Waals surface area contributed by atoms with E-state index in [9.17, 15) is 15.0 Å². The van der Waals surface area contributed by atoms with Crippen LogP contribution in [0.25, 0.3) is 0 Å². The van der Waals surface area contributed by atoms with E-state index in [-0.39, 0.29) is 18.1 Å². The topological polar surface area (TPSA) is 85.2 Å². The number of rotatable bonds is 5. The minimum Gasteiger partial charge on any atom is -0.387 e. The summed E-state index contributed by atoms with van der Waals surface area (Å²) in [7, 11) is 2.78. The molecule has 0 aromatic carbocycles. The molecule has 6 heteroatoms. The first-order chi connectivity index (χ1) is 8.42. The highest BCUT2D eigenvalue weighted by Gasteiger charge is 2.45. The second-order valence-corrected chi connectivity index (χ2v) is 4.79. The molecule has 1 aliphatic rings. The van der Waals surface area contributed by atoms with E-state index in [0.29, 0.717) is 0 Å². The van der Waals surface area contributed by atoms with Crippen molar-refractivity contribution in [2.24, 2.45) is 5.92 Å². The van der Waals surface area contributed by atoms with Gasteiger partial charge in [0, 0.05) is 26.6 Å². The summed E-state index contributed by atoms with van der Waals surface area (Å²) in [6.07, 6.45) is -4.51. The van der Waals surface area contributed by atoms with Crippen molar-refractivity contribution in [3.63, 3.8) is 0 Å². The zero-order valence-electron chi connectivity index (χ0n) is 11.2. The molecule has 6 nitrogen and oxygen atoms in total. The average Bonchev–Trinajstić information content (AvgIpc) is 2.33. The third-order valence-corrected chi connectivity index (χ3v) is 3.19. The molecule has 106 valence electrons. The van der Waals surface area contributed by atoms with Gasteiger partial charge in [-0.25, -0.2) is 0 Å². The molecule has 0 saturated carbocycles. The van der Waals surface area contributed by atoms with Crippen LogP contribution in [-0.2, 0) is 19.0 Å². The van der Waals surface area contributed by atoms with Crippen molar-refractivity contribution in [2.75, 3.05) is 14.2 Å². The van der Waals surface area contributed by atoms with E-state index in [0.717, 1.165) is 0 Å². The molecule has 1 fully saturated rings. The summed E-state index contributed by atoms with van der Waals surface area (Å²) in [5, 5.41) is 19.6. The molecule has 1 saturated heterocycles. The number of Topliss-reactive ketones (excluding diaryl/α,β-unsaturated/α-hetero) is 1. The Morgan fingerprint density at radius 3 is 2.28 bits per heavy atom. The third kappa shape index (κ3) is 3.27. The van der Waals surface area contributed by atoms with Gasteiger partial charge in [-0.3, -0.25) is 4.79 Å². The van der Waals surface area contributed by atoms with Crippen LogP contribution in [0.1, 0.15) is 20.3 Å². The predicted molar refractivity (Wildman–Crippen MR) is 62.9 cm³/mol. The van der Waals surface area contributed by atoms with Crippen LogP contribution in [0.2, 0.25) is 0 Å². The monoisotopic (exact) mass is 262 g/mol. The molecular weight excluding hydrogens is 240 g/mol. The molecule has 0 aliphatic carbocycles. The summed E-state index contributed by atoms with van der Waals surface area (Å²) in [5.41, 5.74) is 0. The van der Waals surface area contributed by atoms with Gasteiger partial charge in [0.2, 0.25) is 0 Å². The second-order valence-electron chi connectivity index (χ2n) is 4.79. The Bertz CT molecular complexity index is 280. The summed E-state index contributed by atoms with van der Waals surface area (Å²) in [6.45, 7) is 3.60. The smallest absolute Gasteiger partial charge is 0.186 e. The number of ketones is 1. The van der Waals surface area contributed by atoms with Crippen molar-refractivity contribution in [3.05, 3.63) is 0 Å². The summed E-state index contributed by atoms with van der Waals surface area (Å²) in [6, 6.07) is 0. The average molecular weight is 262 g/mol. The molecular formula is C12H22O6. The zero-order valence-corrected chi connectivity index (χ0v) is 11.2.